The predicted octanol–water partition coefficient (Wildman–Crippen LogP) is 0.0659. The zero-order chi connectivity index (χ0) is 17.7. The van der Waals surface area contributed by atoms with Gasteiger partial charge in [-0.2, -0.15) is 5.10 Å². The molecule has 0 saturated carbocycles. The minimum atomic E-state index is -0.759. The van der Waals surface area contributed by atoms with Crippen LogP contribution in [0.4, 0.5) is 10.5 Å². The Bertz CT molecular complexity index is 724. The molecule has 1 aliphatic rings. The molecule has 0 aromatic carbocycles. The van der Waals surface area contributed by atoms with Crippen LogP contribution in [0.3, 0.4) is 0 Å². The Morgan fingerprint density at radius 1 is 1.32 bits per heavy atom. The summed E-state index contributed by atoms with van der Waals surface area (Å²) in [5, 5.41) is 9.34. The molecule has 0 bridgehead atoms. The van der Waals surface area contributed by atoms with Gasteiger partial charge >= 0.3 is 6.03 Å². The van der Waals surface area contributed by atoms with Crippen molar-refractivity contribution in [1.29, 1.82) is 0 Å². The van der Waals surface area contributed by atoms with Crippen molar-refractivity contribution in [3.05, 3.63) is 31.0 Å². The van der Waals surface area contributed by atoms with Gasteiger partial charge in [0.15, 0.2) is 5.82 Å². The zero-order valence-electron chi connectivity index (χ0n) is 13.5. The number of rotatable bonds is 5. The molecule has 132 valence electrons. The van der Waals surface area contributed by atoms with Crippen LogP contribution in [0.25, 0.3) is 5.82 Å². The Balaban J connectivity index is 1.56. The molecule has 0 spiro atoms. The van der Waals surface area contributed by atoms with E-state index in [1.165, 1.54) is 23.5 Å². The number of carbonyl (C=O) groups is 2. The van der Waals surface area contributed by atoms with Crippen molar-refractivity contribution in [2.45, 2.75) is 12.8 Å². The molecule has 0 unspecified atom stereocenters. The highest BCUT2D eigenvalue weighted by Crippen LogP contribution is 2.29. The van der Waals surface area contributed by atoms with Crippen LogP contribution in [0, 0.1) is 5.41 Å². The molecule has 2 aromatic rings. The number of hydrogen-bond acceptors (Lipinski definition) is 6. The molecule has 25 heavy (non-hydrogen) atoms. The largest absolute Gasteiger partial charge is 0.381 e. The molecule has 4 N–H and O–H groups in total. The third kappa shape index (κ3) is 3.91. The fourth-order valence-corrected chi connectivity index (χ4v) is 2.62. The average Bonchev–Trinajstić information content (AvgIpc) is 3.16. The average molecular weight is 345 g/mol. The summed E-state index contributed by atoms with van der Waals surface area (Å²) in [6.07, 6.45) is 5.44. The number of pyridine rings is 1. The van der Waals surface area contributed by atoms with Crippen LogP contribution in [0.2, 0.25) is 0 Å². The van der Waals surface area contributed by atoms with Crippen molar-refractivity contribution >= 4 is 17.6 Å². The summed E-state index contributed by atoms with van der Waals surface area (Å²) in [4.78, 5) is 31.9. The molecular weight excluding hydrogens is 326 g/mol. The highest BCUT2D eigenvalue weighted by atomic mass is 16.5. The lowest BCUT2D eigenvalue weighted by molar-refractivity contribution is -0.132. The summed E-state index contributed by atoms with van der Waals surface area (Å²) in [5.41, 5.74) is 5.27. The molecule has 1 saturated heterocycles. The molecule has 3 amide bonds. The van der Waals surface area contributed by atoms with Crippen LogP contribution in [0.5, 0.6) is 0 Å². The number of amides is 3. The van der Waals surface area contributed by atoms with Gasteiger partial charge in [-0.05, 0) is 25.0 Å². The number of hydrogen-bond donors (Lipinski definition) is 3. The Kier molecular flexibility index (Phi) is 4.89. The van der Waals surface area contributed by atoms with Crippen molar-refractivity contribution in [2.24, 2.45) is 11.1 Å². The zero-order valence-corrected chi connectivity index (χ0v) is 13.5. The number of ether oxygens (including phenoxy) is 1. The summed E-state index contributed by atoms with van der Waals surface area (Å²) >= 11 is 0. The molecule has 10 nitrogen and oxygen atoms in total. The summed E-state index contributed by atoms with van der Waals surface area (Å²) in [5.74, 6) is 0.160. The van der Waals surface area contributed by atoms with E-state index in [-0.39, 0.29) is 6.54 Å². The van der Waals surface area contributed by atoms with E-state index in [9.17, 15) is 9.59 Å². The summed E-state index contributed by atoms with van der Waals surface area (Å²) in [7, 11) is 0. The topological polar surface area (TPSA) is 137 Å². The maximum Gasteiger partial charge on any atom is 0.319 e. The number of nitrogens with one attached hydrogen (secondary N) is 2. The van der Waals surface area contributed by atoms with Crippen LogP contribution >= 0.6 is 0 Å². The fourth-order valence-electron chi connectivity index (χ4n) is 2.62. The van der Waals surface area contributed by atoms with Crippen LogP contribution in [-0.4, -0.2) is 51.4 Å². The molecule has 3 heterocycles. The SMILES string of the molecule is NC(=O)C1(CNC(=O)Nc2ccc(-n3cncn3)nc2)CCOCC1. The van der Waals surface area contributed by atoms with E-state index in [1.54, 1.807) is 12.1 Å². The minimum Gasteiger partial charge on any atom is -0.381 e. The van der Waals surface area contributed by atoms with Gasteiger partial charge in [-0.15, -0.1) is 0 Å². The maximum absolute atomic E-state index is 12.1. The van der Waals surface area contributed by atoms with Gasteiger partial charge in [-0.1, -0.05) is 0 Å². The van der Waals surface area contributed by atoms with E-state index < -0.39 is 17.4 Å². The molecule has 1 aliphatic heterocycles. The van der Waals surface area contributed by atoms with Crippen LogP contribution in [0.15, 0.2) is 31.0 Å². The molecule has 10 heteroatoms. The summed E-state index contributed by atoms with van der Waals surface area (Å²) in [6.45, 7) is 1.09. The second-order valence-electron chi connectivity index (χ2n) is 5.81. The number of nitrogens with zero attached hydrogens (tertiary/aromatic N) is 4. The predicted molar refractivity (Wildman–Crippen MR) is 87.9 cm³/mol. The van der Waals surface area contributed by atoms with Crippen molar-refractivity contribution in [3.63, 3.8) is 0 Å². The molecule has 3 rings (SSSR count). The number of anilines is 1. The first-order chi connectivity index (χ1) is 12.1. The van der Waals surface area contributed by atoms with Crippen LogP contribution < -0.4 is 16.4 Å². The lowest BCUT2D eigenvalue weighted by atomic mass is 9.79. The van der Waals surface area contributed by atoms with Gasteiger partial charge in [0.2, 0.25) is 5.91 Å². The van der Waals surface area contributed by atoms with Gasteiger partial charge in [0.05, 0.1) is 17.3 Å². The van der Waals surface area contributed by atoms with Gasteiger partial charge in [0.25, 0.3) is 0 Å². The Hall–Kier alpha value is -3.01. The van der Waals surface area contributed by atoms with E-state index in [0.717, 1.165) is 0 Å². The van der Waals surface area contributed by atoms with E-state index in [0.29, 0.717) is 37.6 Å². The normalized spacial score (nSPS) is 16.2. The van der Waals surface area contributed by atoms with E-state index in [4.69, 9.17) is 10.5 Å². The number of nitrogens with two attached hydrogens (primary N) is 1. The van der Waals surface area contributed by atoms with Crippen molar-refractivity contribution in [1.82, 2.24) is 25.1 Å². The van der Waals surface area contributed by atoms with Crippen LogP contribution in [0.1, 0.15) is 12.8 Å². The van der Waals surface area contributed by atoms with Gasteiger partial charge < -0.3 is 21.1 Å². The van der Waals surface area contributed by atoms with Crippen molar-refractivity contribution in [2.75, 3.05) is 25.1 Å². The molecule has 2 aromatic heterocycles. The lowest BCUT2D eigenvalue weighted by Crippen LogP contribution is -2.50. The van der Waals surface area contributed by atoms with E-state index in [2.05, 4.69) is 25.7 Å². The lowest BCUT2D eigenvalue weighted by Gasteiger charge is -2.34. The monoisotopic (exact) mass is 345 g/mol. The molecule has 0 radical (unpaired) electrons. The molecule has 1 fully saturated rings. The second kappa shape index (κ2) is 7.26. The van der Waals surface area contributed by atoms with Crippen LogP contribution in [-0.2, 0) is 9.53 Å². The first-order valence-electron chi connectivity index (χ1n) is 7.83. The smallest absolute Gasteiger partial charge is 0.319 e. The quantitative estimate of drug-likeness (QED) is 0.701. The third-order valence-electron chi connectivity index (χ3n) is 4.22. The van der Waals surface area contributed by atoms with Gasteiger partial charge in [0.1, 0.15) is 12.7 Å². The summed E-state index contributed by atoms with van der Waals surface area (Å²) in [6, 6.07) is 2.97. The highest BCUT2D eigenvalue weighted by molar-refractivity contribution is 5.90. The first-order valence-corrected chi connectivity index (χ1v) is 7.83. The van der Waals surface area contributed by atoms with Gasteiger partial charge in [-0.25, -0.2) is 19.4 Å². The minimum absolute atomic E-state index is 0.169. The number of urea groups is 1. The Morgan fingerprint density at radius 2 is 2.12 bits per heavy atom. The molecular formula is C15H19N7O3. The summed E-state index contributed by atoms with van der Waals surface area (Å²) < 4.78 is 6.77. The third-order valence-corrected chi connectivity index (χ3v) is 4.22. The fraction of sp³-hybridized carbons (Fsp3) is 0.400. The Labute approximate surface area is 143 Å². The van der Waals surface area contributed by atoms with E-state index >= 15 is 0 Å². The molecule has 0 aliphatic carbocycles. The van der Waals surface area contributed by atoms with Gasteiger partial charge in [0, 0.05) is 19.8 Å². The van der Waals surface area contributed by atoms with Crippen molar-refractivity contribution < 1.29 is 14.3 Å². The molecule has 0 atom stereocenters. The second-order valence-corrected chi connectivity index (χ2v) is 5.81. The standard InChI is InChI=1S/C15H19N7O3/c16-13(23)15(3-5-25-6-4-15)8-19-14(24)21-11-1-2-12(18-7-11)22-10-17-9-20-22/h1-2,7,9-10H,3-6,8H2,(H2,16,23)(H2,19,21,24). The first kappa shape index (κ1) is 16.8. The van der Waals surface area contributed by atoms with E-state index in [1.807, 2.05) is 0 Å². The number of primary amides is 1. The maximum atomic E-state index is 12.1. The number of aromatic nitrogens is 4. The number of carbonyl (C=O) groups excluding carboxylic acids is 2. The van der Waals surface area contributed by atoms with Gasteiger partial charge in [-0.3, -0.25) is 4.79 Å². The Morgan fingerprint density at radius 3 is 2.72 bits per heavy atom. The highest BCUT2D eigenvalue weighted by Gasteiger charge is 2.38. The van der Waals surface area contributed by atoms with Crippen molar-refractivity contribution in [3.8, 4) is 5.82 Å².